The fourth-order valence-electron chi connectivity index (χ4n) is 1.96. The lowest BCUT2D eigenvalue weighted by Gasteiger charge is -2.28. The molecule has 0 bridgehead atoms. The third-order valence-electron chi connectivity index (χ3n) is 3.10. The molecule has 6 heteroatoms. The van der Waals surface area contributed by atoms with Crippen LogP contribution in [0.2, 0.25) is 0 Å². The lowest BCUT2D eigenvalue weighted by atomic mass is 10.1. The van der Waals surface area contributed by atoms with Crippen molar-refractivity contribution in [2.24, 2.45) is 0 Å². The summed E-state index contributed by atoms with van der Waals surface area (Å²) in [7, 11) is 0. The van der Waals surface area contributed by atoms with Crippen molar-refractivity contribution in [3.8, 4) is 0 Å². The van der Waals surface area contributed by atoms with Crippen molar-refractivity contribution in [3.05, 3.63) is 16.1 Å². The molecule has 100 valence electrons. The van der Waals surface area contributed by atoms with Crippen LogP contribution in [-0.4, -0.2) is 41.4 Å². The molecule has 0 spiro atoms. The molecule has 0 aromatic carbocycles. The standard InChI is InChI=1S/C12H18N2O3S/c1-8-11(18-7-13-8)2-3-12(16)14-9-4-5-17-6-10(9)15/h7,9-10,15H,2-6H2,1H3,(H,14,16)/t9-,10-/m1/s1. The van der Waals surface area contributed by atoms with Gasteiger partial charge in [-0.1, -0.05) is 0 Å². The Kier molecular flexibility index (Phi) is 4.68. The Balaban J connectivity index is 1.76. The molecule has 0 radical (unpaired) electrons. The average molecular weight is 270 g/mol. The molecule has 0 unspecified atom stereocenters. The van der Waals surface area contributed by atoms with Gasteiger partial charge in [-0.3, -0.25) is 4.79 Å². The Labute approximate surface area is 110 Å². The van der Waals surface area contributed by atoms with Gasteiger partial charge in [0.2, 0.25) is 5.91 Å². The van der Waals surface area contributed by atoms with E-state index in [1.54, 1.807) is 16.8 Å². The molecule has 2 rings (SSSR count). The summed E-state index contributed by atoms with van der Waals surface area (Å²) < 4.78 is 5.12. The molecule has 1 aromatic rings. The zero-order chi connectivity index (χ0) is 13.0. The van der Waals surface area contributed by atoms with Crippen molar-refractivity contribution in [2.45, 2.75) is 38.3 Å². The van der Waals surface area contributed by atoms with Gasteiger partial charge in [-0.2, -0.15) is 0 Å². The second-order valence-corrected chi connectivity index (χ2v) is 5.41. The Morgan fingerprint density at radius 2 is 2.56 bits per heavy atom. The van der Waals surface area contributed by atoms with Crippen molar-refractivity contribution < 1.29 is 14.6 Å². The summed E-state index contributed by atoms with van der Waals surface area (Å²) in [5.41, 5.74) is 2.80. The van der Waals surface area contributed by atoms with Gasteiger partial charge in [-0.25, -0.2) is 4.98 Å². The Hall–Kier alpha value is -0.980. The van der Waals surface area contributed by atoms with E-state index in [1.165, 1.54) is 0 Å². The number of amides is 1. The molecule has 1 aliphatic rings. The van der Waals surface area contributed by atoms with Gasteiger partial charge in [0.15, 0.2) is 0 Å². The van der Waals surface area contributed by atoms with E-state index >= 15 is 0 Å². The summed E-state index contributed by atoms with van der Waals surface area (Å²) in [6.45, 7) is 2.85. The van der Waals surface area contributed by atoms with Gasteiger partial charge < -0.3 is 15.2 Å². The maximum Gasteiger partial charge on any atom is 0.220 e. The maximum atomic E-state index is 11.8. The molecule has 0 aliphatic carbocycles. The molecule has 1 fully saturated rings. The number of aliphatic hydroxyl groups excluding tert-OH is 1. The SMILES string of the molecule is Cc1ncsc1CCC(=O)N[C@@H]1CCOC[C@H]1O. The van der Waals surface area contributed by atoms with Crippen molar-refractivity contribution in [3.63, 3.8) is 0 Å². The molecular formula is C12H18N2O3S. The van der Waals surface area contributed by atoms with Gasteiger partial charge in [-0.05, 0) is 19.8 Å². The fourth-order valence-corrected chi connectivity index (χ4v) is 2.74. The molecule has 18 heavy (non-hydrogen) atoms. The van der Waals surface area contributed by atoms with E-state index < -0.39 is 6.10 Å². The van der Waals surface area contributed by atoms with Crippen LogP contribution in [0.25, 0.3) is 0 Å². The van der Waals surface area contributed by atoms with Crippen LogP contribution in [0.4, 0.5) is 0 Å². The first-order chi connectivity index (χ1) is 8.66. The summed E-state index contributed by atoms with van der Waals surface area (Å²) in [5.74, 6) is -0.0197. The number of nitrogens with one attached hydrogen (secondary N) is 1. The molecule has 1 amide bonds. The average Bonchev–Trinajstić information content (AvgIpc) is 2.75. The summed E-state index contributed by atoms with van der Waals surface area (Å²) in [6, 6.07) is -0.172. The van der Waals surface area contributed by atoms with Crippen molar-refractivity contribution in [2.75, 3.05) is 13.2 Å². The van der Waals surface area contributed by atoms with Crippen molar-refractivity contribution in [1.82, 2.24) is 10.3 Å². The summed E-state index contributed by atoms with van der Waals surface area (Å²) in [4.78, 5) is 17.1. The molecule has 1 aliphatic heterocycles. The van der Waals surface area contributed by atoms with Gasteiger partial charge in [0.1, 0.15) is 0 Å². The third kappa shape index (κ3) is 3.51. The van der Waals surface area contributed by atoms with E-state index in [9.17, 15) is 9.90 Å². The fraction of sp³-hybridized carbons (Fsp3) is 0.667. The minimum Gasteiger partial charge on any atom is -0.389 e. The van der Waals surface area contributed by atoms with Crippen LogP contribution in [-0.2, 0) is 16.0 Å². The summed E-state index contributed by atoms with van der Waals surface area (Å²) in [6.07, 6.45) is 1.23. The second-order valence-electron chi connectivity index (χ2n) is 4.47. The Bertz CT molecular complexity index is 408. The first-order valence-electron chi connectivity index (χ1n) is 6.11. The monoisotopic (exact) mass is 270 g/mol. The molecule has 0 saturated carbocycles. The quantitative estimate of drug-likeness (QED) is 0.842. The van der Waals surface area contributed by atoms with Gasteiger partial charge in [0, 0.05) is 17.9 Å². The van der Waals surface area contributed by atoms with Crippen molar-refractivity contribution in [1.29, 1.82) is 0 Å². The topological polar surface area (TPSA) is 71.5 Å². The van der Waals surface area contributed by atoms with E-state index in [0.717, 1.165) is 10.6 Å². The number of ether oxygens (including phenoxy) is 1. The number of carbonyl (C=O) groups excluding carboxylic acids is 1. The molecule has 1 saturated heterocycles. The molecule has 2 N–H and O–H groups in total. The number of carbonyl (C=O) groups is 1. The molecule has 2 heterocycles. The number of aliphatic hydroxyl groups is 1. The number of hydrogen-bond donors (Lipinski definition) is 2. The number of nitrogens with zero attached hydrogens (tertiary/aromatic N) is 1. The number of thiazole rings is 1. The second kappa shape index (κ2) is 6.26. The largest absolute Gasteiger partial charge is 0.389 e. The lowest BCUT2D eigenvalue weighted by molar-refractivity contribution is -0.124. The van der Waals surface area contributed by atoms with Gasteiger partial charge in [-0.15, -0.1) is 11.3 Å². The van der Waals surface area contributed by atoms with E-state index in [2.05, 4.69) is 10.3 Å². The minimum atomic E-state index is -0.590. The molecule has 5 nitrogen and oxygen atoms in total. The highest BCUT2D eigenvalue weighted by atomic mass is 32.1. The zero-order valence-electron chi connectivity index (χ0n) is 10.4. The van der Waals surface area contributed by atoms with Crippen LogP contribution in [0.5, 0.6) is 0 Å². The highest BCUT2D eigenvalue weighted by Gasteiger charge is 2.24. The van der Waals surface area contributed by atoms with Gasteiger partial charge in [0.05, 0.1) is 30.0 Å². The number of aryl methyl sites for hydroxylation is 2. The van der Waals surface area contributed by atoms with Crippen LogP contribution < -0.4 is 5.32 Å². The Morgan fingerprint density at radius 1 is 1.72 bits per heavy atom. The highest BCUT2D eigenvalue weighted by Crippen LogP contribution is 2.14. The first-order valence-corrected chi connectivity index (χ1v) is 6.99. The maximum absolute atomic E-state index is 11.8. The van der Waals surface area contributed by atoms with Gasteiger partial charge in [0.25, 0.3) is 0 Å². The normalized spacial score (nSPS) is 23.9. The molecule has 1 aromatic heterocycles. The minimum absolute atomic E-state index is 0.0197. The Morgan fingerprint density at radius 3 is 3.22 bits per heavy atom. The van der Waals surface area contributed by atoms with E-state index in [4.69, 9.17) is 4.74 Å². The number of rotatable bonds is 4. The summed E-state index contributed by atoms with van der Waals surface area (Å²) in [5, 5.41) is 12.5. The highest BCUT2D eigenvalue weighted by molar-refractivity contribution is 7.09. The first kappa shape index (κ1) is 13.5. The van der Waals surface area contributed by atoms with Gasteiger partial charge >= 0.3 is 0 Å². The van der Waals surface area contributed by atoms with Crippen LogP contribution in [0.1, 0.15) is 23.4 Å². The third-order valence-corrected chi connectivity index (χ3v) is 4.09. The van der Waals surface area contributed by atoms with Crippen LogP contribution in [0.15, 0.2) is 5.51 Å². The molecule has 2 atom stereocenters. The predicted molar refractivity (Wildman–Crippen MR) is 68.5 cm³/mol. The predicted octanol–water partition coefficient (Wildman–Crippen LogP) is 0.650. The lowest BCUT2D eigenvalue weighted by Crippen LogP contribution is -2.48. The zero-order valence-corrected chi connectivity index (χ0v) is 11.2. The van der Waals surface area contributed by atoms with E-state index in [1.807, 2.05) is 6.92 Å². The van der Waals surface area contributed by atoms with Crippen molar-refractivity contribution >= 4 is 17.2 Å². The van der Waals surface area contributed by atoms with Crippen LogP contribution >= 0.6 is 11.3 Å². The van der Waals surface area contributed by atoms with E-state index in [0.29, 0.717) is 32.5 Å². The van der Waals surface area contributed by atoms with Crippen LogP contribution in [0.3, 0.4) is 0 Å². The smallest absolute Gasteiger partial charge is 0.220 e. The van der Waals surface area contributed by atoms with Crippen LogP contribution in [0, 0.1) is 6.92 Å². The number of aromatic nitrogens is 1. The van der Waals surface area contributed by atoms with E-state index in [-0.39, 0.29) is 11.9 Å². The summed E-state index contributed by atoms with van der Waals surface area (Å²) >= 11 is 1.58. The molecular weight excluding hydrogens is 252 g/mol. The number of hydrogen-bond acceptors (Lipinski definition) is 5.